The molecule has 0 saturated heterocycles. The van der Waals surface area contributed by atoms with Gasteiger partial charge in [0.1, 0.15) is 5.75 Å². The van der Waals surface area contributed by atoms with Crippen LogP contribution in [-0.4, -0.2) is 19.2 Å². The van der Waals surface area contributed by atoms with Crippen LogP contribution >= 0.6 is 11.6 Å². The summed E-state index contributed by atoms with van der Waals surface area (Å²) in [6.45, 7) is 0. The number of nitrogens with zero attached hydrogens (tertiary/aromatic N) is 1. The van der Waals surface area contributed by atoms with Gasteiger partial charge in [0.25, 0.3) is 0 Å². The molecule has 0 spiro atoms. The Morgan fingerprint density at radius 3 is 2.74 bits per heavy atom. The predicted octanol–water partition coefficient (Wildman–Crippen LogP) is 3.84. The largest absolute Gasteiger partial charge is 0.382 e. The Labute approximate surface area is 139 Å². The zero-order valence-electron chi connectivity index (χ0n) is 12.1. The summed E-state index contributed by atoms with van der Waals surface area (Å²) in [5.41, 5.74) is 0.854. The van der Waals surface area contributed by atoms with Crippen LogP contribution in [0.3, 0.4) is 0 Å². The minimum absolute atomic E-state index is 0.113. The Morgan fingerprint density at radius 1 is 1.04 bits per heavy atom. The number of pyridine rings is 1. The predicted molar refractivity (Wildman–Crippen MR) is 91.3 cm³/mol. The molecule has 118 valence electrons. The van der Waals surface area contributed by atoms with E-state index < -0.39 is 10.1 Å². The minimum atomic E-state index is -3.68. The molecular weight excluding hydrogens is 334 g/mol. The number of hydrogen-bond acceptors (Lipinski definition) is 4. The summed E-state index contributed by atoms with van der Waals surface area (Å²) in [5.74, 6) is 0.176. The molecule has 0 unspecified atom stereocenters. The Kier molecular flexibility index (Phi) is 4.50. The highest BCUT2D eigenvalue weighted by molar-refractivity contribution is 7.87. The van der Waals surface area contributed by atoms with Crippen molar-refractivity contribution in [3.05, 3.63) is 71.5 Å². The molecule has 0 bridgehead atoms. The molecule has 0 fully saturated rings. The summed E-state index contributed by atoms with van der Waals surface area (Å²) >= 11 is 5.89. The van der Waals surface area contributed by atoms with Crippen LogP contribution in [0.15, 0.2) is 60.9 Å². The number of aryl methyl sites for hydroxylation is 1. The van der Waals surface area contributed by atoms with E-state index >= 15 is 0 Å². The van der Waals surface area contributed by atoms with Gasteiger partial charge in [-0.15, -0.1) is 0 Å². The topological polar surface area (TPSA) is 56.3 Å². The second-order valence-electron chi connectivity index (χ2n) is 5.11. The Balaban J connectivity index is 1.72. The van der Waals surface area contributed by atoms with Gasteiger partial charge in [0.15, 0.2) is 0 Å². The lowest BCUT2D eigenvalue weighted by Crippen LogP contribution is -2.15. The van der Waals surface area contributed by atoms with Crippen LogP contribution in [0.5, 0.6) is 5.75 Å². The number of aromatic nitrogens is 1. The van der Waals surface area contributed by atoms with Gasteiger partial charge in [-0.2, -0.15) is 8.42 Å². The number of rotatable bonds is 5. The molecule has 3 rings (SSSR count). The first-order valence-corrected chi connectivity index (χ1v) is 8.98. The maximum Gasteiger partial charge on any atom is 0.309 e. The van der Waals surface area contributed by atoms with E-state index in [9.17, 15) is 8.42 Å². The van der Waals surface area contributed by atoms with Crippen molar-refractivity contribution < 1.29 is 12.6 Å². The van der Waals surface area contributed by atoms with E-state index in [0.29, 0.717) is 11.4 Å². The smallest absolute Gasteiger partial charge is 0.309 e. The summed E-state index contributed by atoms with van der Waals surface area (Å²) in [7, 11) is -3.68. The van der Waals surface area contributed by atoms with Gasteiger partial charge in [0.05, 0.1) is 5.75 Å². The molecule has 0 aliphatic carbocycles. The van der Waals surface area contributed by atoms with E-state index in [1.54, 1.807) is 48.8 Å². The first kappa shape index (κ1) is 15.8. The molecule has 0 N–H and O–H groups in total. The van der Waals surface area contributed by atoms with Gasteiger partial charge in [0, 0.05) is 22.8 Å². The second kappa shape index (κ2) is 6.56. The number of halogens is 1. The highest BCUT2D eigenvalue weighted by atomic mass is 35.5. The first-order chi connectivity index (χ1) is 11.0. The van der Waals surface area contributed by atoms with E-state index in [0.717, 1.165) is 16.3 Å². The Hall–Kier alpha value is -2.11. The summed E-state index contributed by atoms with van der Waals surface area (Å²) in [6, 6.07) is 14.1. The van der Waals surface area contributed by atoms with E-state index in [-0.39, 0.29) is 11.5 Å². The van der Waals surface area contributed by atoms with Crippen molar-refractivity contribution in [3.63, 3.8) is 0 Å². The third-order valence-electron chi connectivity index (χ3n) is 3.36. The van der Waals surface area contributed by atoms with Crippen molar-refractivity contribution in [3.8, 4) is 5.75 Å². The van der Waals surface area contributed by atoms with Crippen LogP contribution in [0.1, 0.15) is 5.56 Å². The van der Waals surface area contributed by atoms with Gasteiger partial charge >= 0.3 is 10.1 Å². The maximum absolute atomic E-state index is 12.1. The van der Waals surface area contributed by atoms with Crippen molar-refractivity contribution in [1.29, 1.82) is 0 Å². The first-order valence-electron chi connectivity index (χ1n) is 7.02. The molecular formula is C17H14ClNO3S. The monoisotopic (exact) mass is 347 g/mol. The van der Waals surface area contributed by atoms with E-state index in [4.69, 9.17) is 15.8 Å². The van der Waals surface area contributed by atoms with Crippen molar-refractivity contribution >= 4 is 32.5 Å². The lowest BCUT2D eigenvalue weighted by molar-refractivity contribution is 0.486. The Bertz CT molecular complexity index is 941. The second-order valence-corrected chi connectivity index (χ2v) is 7.24. The van der Waals surface area contributed by atoms with Gasteiger partial charge in [-0.25, -0.2) is 0 Å². The van der Waals surface area contributed by atoms with Gasteiger partial charge in [0.2, 0.25) is 0 Å². The zero-order valence-corrected chi connectivity index (χ0v) is 13.7. The lowest BCUT2D eigenvalue weighted by atomic mass is 10.2. The highest BCUT2D eigenvalue weighted by Crippen LogP contribution is 2.21. The Morgan fingerprint density at radius 2 is 1.91 bits per heavy atom. The molecule has 0 aliphatic heterocycles. The van der Waals surface area contributed by atoms with E-state index in [1.165, 1.54) is 0 Å². The summed E-state index contributed by atoms with van der Waals surface area (Å²) < 4.78 is 29.4. The minimum Gasteiger partial charge on any atom is -0.382 e. The summed E-state index contributed by atoms with van der Waals surface area (Å²) in [4.78, 5) is 4.02. The van der Waals surface area contributed by atoms with E-state index in [2.05, 4.69) is 4.98 Å². The third kappa shape index (κ3) is 4.21. The van der Waals surface area contributed by atoms with Gasteiger partial charge < -0.3 is 4.18 Å². The van der Waals surface area contributed by atoms with Crippen molar-refractivity contribution in [1.82, 2.24) is 4.98 Å². The fourth-order valence-corrected chi connectivity index (χ4v) is 3.42. The number of hydrogen-bond donors (Lipinski definition) is 0. The van der Waals surface area contributed by atoms with Gasteiger partial charge in [-0.05, 0) is 47.7 Å². The molecule has 1 heterocycles. The normalized spacial score (nSPS) is 11.5. The van der Waals surface area contributed by atoms with Crippen LogP contribution in [0, 0.1) is 0 Å². The third-order valence-corrected chi connectivity index (χ3v) is 4.75. The highest BCUT2D eigenvalue weighted by Gasteiger charge is 2.13. The van der Waals surface area contributed by atoms with Crippen LogP contribution in [0.4, 0.5) is 0 Å². The van der Waals surface area contributed by atoms with Crippen molar-refractivity contribution in [2.24, 2.45) is 0 Å². The average Bonchev–Trinajstić information content (AvgIpc) is 2.53. The standard InChI is InChI=1S/C17H14ClNO3S/c18-16-3-1-2-13(10-16)7-9-23(20,21)22-17-5-4-14-6-8-19-12-15(14)11-17/h1-6,8,10-12H,7,9H2. The van der Waals surface area contributed by atoms with Crippen molar-refractivity contribution in [2.75, 3.05) is 5.75 Å². The quantitative estimate of drug-likeness (QED) is 0.658. The van der Waals surface area contributed by atoms with Crippen molar-refractivity contribution in [2.45, 2.75) is 6.42 Å². The summed E-state index contributed by atoms with van der Waals surface area (Å²) in [5, 5.41) is 2.39. The van der Waals surface area contributed by atoms with Gasteiger partial charge in [-0.3, -0.25) is 4.98 Å². The summed E-state index contributed by atoms with van der Waals surface area (Å²) in [6.07, 6.45) is 3.70. The fourth-order valence-electron chi connectivity index (χ4n) is 2.24. The molecule has 0 amide bonds. The van der Waals surface area contributed by atoms with Crippen LogP contribution in [-0.2, 0) is 16.5 Å². The molecule has 23 heavy (non-hydrogen) atoms. The molecule has 0 aliphatic rings. The molecule has 4 nitrogen and oxygen atoms in total. The van der Waals surface area contributed by atoms with Crippen LogP contribution in [0.25, 0.3) is 10.8 Å². The molecule has 1 aromatic heterocycles. The number of benzene rings is 2. The average molecular weight is 348 g/mol. The molecule has 0 saturated carbocycles. The molecule has 3 aromatic rings. The maximum atomic E-state index is 12.1. The lowest BCUT2D eigenvalue weighted by Gasteiger charge is -2.08. The SMILES string of the molecule is O=S(=O)(CCc1cccc(Cl)c1)Oc1ccc2ccncc2c1. The zero-order chi connectivity index (χ0) is 16.3. The fraction of sp³-hybridized carbons (Fsp3) is 0.118. The van der Waals surface area contributed by atoms with Gasteiger partial charge in [-0.1, -0.05) is 29.8 Å². The molecule has 0 radical (unpaired) electrons. The van der Waals surface area contributed by atoms with E-state index in [1.807, 2.05) is 12.1 Å². The van der Waals surface area contributed by atoms with Crippen LogP contribution in [0.2, 0.25) is 5.02 Å². The molecule has 0 atom stereocenters. The number of fused-ring (bicyclic) bond motifs is 1. The van der Waals surface area contributed by atoms with Crippen LogP contribution < -0.4 is 4.18 Å². The molecule has 6 heteroatoms. The molecule has 2 aromatic carbocycles.